The summed E-state index contributed by atoms with van der Waals surface area (Å²) >= 11 is 0. The molecule has 224 valence electrons. The molecule has 5 atom stereocenters. The summed E-state index contributed by atoms with van der Waals surface area (Å²) in [5, 5.41) is 13.4. The van der Waals surface area contributed by atoms with Crippen molar-refractivity contribution in [2.75, 3.05) is 6.61 Å². The number of carbonyl (C=O) groups excluding carboxylic acids is 1. The Bertz CT molecular complexity index is 1360. The van der Waals surface area contributed by atoms with Crippen molar-refractivity contribution < 1.29 is 33.6 Å². The van der Waals surface area contributed by atoms with Crippen LogP contribution in [0.2, 0.25) is 0 Å². The van der Waals surface area contributed by atoms with Crippen molar-refractivity contribution in [2.45, 2.75) is 57.1 Å². The zero-order valence-electron chi connectivity index (χ0n) is 23.9. The van der Waals surface area contributed by atoms with Crippen LogP contribution in [0.3, 0.4) is 0 Å². The first-order valence-electron chi connectivity index (χ1n) is 14.4. The third-order valence-corrected chi connectivity index (χ3v) is 7.15. The number of amides is 1. The Morgan fingerprint density at radius 2 is 1.02 bits per heavy atom. The lowest BCUT2D eigenvalue weighted by Gasteiger charge is -2.45. The number of alkyl carbamates (subject to hydrolysis) is 1. The van der Waals surface area contributed by atoms with Crippen molar-refractivity contribution in [1.29, 1.82) is 0 Å². The summed E-state index contributed by atoms with van der Waals surface area (Å²) in [5.41, 5.74) is 3.69. The third kappa shape index (κ3) is 8.97. The molecule has 4 aromatic carbocycles. The predicted octanol–water partition coefficient (Wildman–Crippen LogP) is 5.39. The SMILES string of the molecule is O=C(N[C@@H]1C(OCc2ccccc2)O[C@@H](CO)[C@H](OCc2ccccc2)[C@H]1OCc1ccccc1)OCc1ccccc1. The summed E-state index contributed by atoms with van der Waals surface area (Å²) in [6.45, 7) is 0.496. The van der Waals surface area contributed by atoms with E-state index >= 15 is 0 Å². The maximum absolute atomic E-state index is 13.2. The fourth-order valence-electron chi connectivity index (χ4n) is 4.93. The van der Waals surface area contributed by atoms with E-state index in [1.54, 1.807) is 0 Å². The molecular formula is C35H37NO7. The Hall–Kier alpha value is -4.05. The second kappa shape index (κ2) is 16.0. The van der Waals surface area contributed by atoms with Crippen molar-refractivity contribution in [3.05, 3.63) is 144 Å². The van der Waals surface area contributed by atoms with Crippen LogP contribution in [0, 0.1) is 0 Å². The van der Waals surface area contributed by atoms with Crippen molar-refractivity contribution in [1.82, 2.24) is 5.32 Å². The number of hydrogen-bond donors (Lipinski definition) is 2. The Balaban J connectivity index is 1.39. The van der Waals surface area contributed by atoms with Crippen LogP contribution in [0.15, 0.2) is 121 Å². The number of aliphatic hydroxyl groups excluding tert-OH is 1. The molecular weight excluding hydrogens is 546 g/mol. The molecule has 1 aliphatic heterocycles. The fourth-order valence-corrected chi connectivity index (χ4v) is 4.93. The number of aliphatic hydroxyl groups is 1. The van der Waals surface area contributed by atoms with Gasteiger partial charge in [-0.25, -0.2) is 4.79 Å². The van der Waals surface area contributed by atoms with Gasteiger partial charge in [0.1, 0.15) is 31.0 Å². The van der Waals surface area contributed by atoms with E-state index in [1.165, 1.54) is 0 Å². The Labute approximate surface area is 252 Å². The molecule has 1 aliphatic rings. The highest BCUT2D eigenvalue weighted by molar-refractivity contribution is 5.67. The molecule has 1 fully saturated rings. The van der Waals surface area contributed by atoms with Gasteiger partial charge >= 0.3 is 6.09 Å². The van der Waals surface area contributed by atoms with Crippen LogP contribution in [0.4, 0.5) is 4.79 Å². The normalized spacial score (nSPS) is 21.7. The van der Waals surface area contributed by atoms with Gasteiger partial charge in [-0.3, -0.25) is 0 Å². The van der Waals surface area contributed by atoms with Gasteiger partial charge in [-0.05, 0) is 22.3 Å². The lowest BCUT2D eigenvalue weighted by Crippen LogP contribution is -2.66. The zero-order chi connectivity index (χ0) is 29.7. The van der Waals surface area contributed by atoms with Crippen LogP contribution < -0.4 is 5.32 Å². The minimum absolute atomic E-state index is 0.0958. The molecule has 1 unspecified atom stereocenters. The van der Waals surface area contributed by atoms with Crippen molar-refractivity contribution in [3.63, 3.8) is 0 Å². The van der Waals surface area contributed by atoms with Crippen LogP contribution in [0.25, 0.3) is 0 Å². The highest BCUT2D eigenvalue weighted by Crippen LogP contribution is 2.29. The first kappa shape index (κ1) is 30.4. The number of rotatable bonds is 13. The molecule has 5 rings (SSSR count). The predicted molar refractivity (Wildman–Crippen MR) is 161 cm³/mol. The zero-order valence-corrected chi connectivity index (χ0v) is 23.9. The number of nitrogens with one attached hydrogen (secondary N) is 1. The summed E-state index contributed by atoms with van der Waals surface area (Å²) < 4.78 is 30.9. The highest BCUT2D eigenvalue weighted by atomic mass is 16.7. The summed E-state index contributed by atoms with van der Waals surface area (Å²) in [6.07, 6.45) is -3.87. The van der Waals surface area contributed by atoms with Gasteiger partial charge in [-0.15, -0.1) is 0 Å². The number of hydrogen-bond acceptors (Lipinski definition) is 7. The van der Waals surface area contributed by atoms with Gasteiger partial charge in [0, 0.05) is 0 Å². The largest absolute Gasteiger partial charge is 0.445 e. The van der Waals surface area contributed by atoms with E-state index in [-0.39, 0.29) is 33.0 Å². The minimum atomic E-state index is -0.959. The standard InChI is InChI=1S/C35H37NO7/c37-21-30-32(39-22-26-13-5-1-6-14-26)33(40-23-27-15-7-2-8-16-27)31(34(43-30)41-24-28-17-9-3-10-18-28)36-35(38)42-25-29-19-11-4-12-20-29/h1-20,30-34,37H,21-25H2,(H,36,38)/t30-,31-,32-,33-,34?/m0/s1. The first-order chi connectivity index (χ1) is 21.2. The average molecular weight is 584 g/mol. The Kier molecular flexibility index (Phi) is 11.3. The summed E-state index contributed by atoms with van der Waals surface area (Å²) in [6, 6.07) is 37.7. The van der Waals surface area contributed by atoms with Gasteiger partial charge in [0.25, 0.3) is 0 Å². The molecule has 1 saturated heterocycles. The van der Waals surface area contributed by atoms with Gasteiger partial charge in [0.2, 0.25) is 0 Å². The molecule has 43 heavy (non-hydrogen) atoms. The molecule has 0 saturated carbocycles. The molecule has 8 nitrogen and oxygen atoms in total. The smallest absolute Gasteiger partial charge is 0.407 e. The number of ether oxygens (including phenoxy) is 5. The fraction of sp³-hybridized carbons (Fsp3) is 0.286. The second-order valence-corrected chi connectivity index (χ2v) is 10.3. The number of benzene rings is 4. The Morgan fingerprint density at radius 3 is 1.49 bits per heavy atom. The van der Waals surface area contributed by atoms with Gasteiger partial charge in [-0.1, -0.05) is 121 Å². The quantitative estimate of drug-likeness (QED) is 0.218. The van der Waals surface area contributed by atoms with Crippen molar-refractivity contribution in [3.8, 4) is 0 Å². The minimum Gasteiger partial charge on any atom is -0.445 e. The summed E-state index contributed by atoms with van der Waals surface area (Å²) in [4.78, 5) is 13.2. The molecule has 2 N–H and O–H groups in total. The molecule has 0 spiro atoms. The van der Waals surface area contributed by atoms with Crippen LogP contribution in [-0.4, -0.2) is 48.5 Å². The maximum Gasteiger partial charge on any atom is 0.407 e. The van der Waals surface area contributed by atoms with E-state index in [1.807, 2.05) is 121 Å². The van der Waals surface area contributed by atoms with E-state index in [9.17, 15) is 9.90 Å². The molecule has 8 heteroatoms. The Morgan fingerprint density at radius 1 is 0.605 bits per heavy atom. The summed E-state index contributed by atoms with van der Waals surface area (Å²) in [7, 11) is 0. The van der Waals surface area contributed by atoms with Crippen molar-refractivity contribution >= 4 is 6.09 Å². The lowest BCUT2D eigenvalue weighted by molar-refractivity contribution is -0.290. The second-order valence-electron chi connectivity index (χ2n) is 10.3. The van der Waals surface area contributed by atoms with E-state index in [0.29, 0.717) is 0 Å². The van der Waals surface area contributed by atoms with E-state index in [4.69, 9.17) is 23.7 Å². The van der Waals surface area contributed by atoms with Crippen LogP contribution in [-0.2, 0) is 50.1 Å². The summed E-state index contributed by atoms with van der Waals surface area (Å²) in [5.74, 6) is 0. The maximum atomic E-state index is 13.2. The van der Waals surface area contributed by atoms with Gasteiger partial charge in [-0.2, -0.15) is 0 Å². The molecule has 0 radical (unpaired) electrons. The molecule has 1 heterocycles. The van der Waals surface area contributed by atoms with Gasteiger partial charge in [0.05, 0.1) is 26.4 Å². The number of carbonyl (C=O) groups is 1. The van der Waals surface area contributed by atoms with Crippen molar-refractivity contribution in [2.24, 2.45) is 0 Å². The van der Waals surface area contributed by atoms with Crippen LogP contribution >= 0.6 is 0 Å². The highest BCUT2D eigenvalue weighted by Gasteiger charge is 2.49. The van der Waals surface area contributed by atoms with E-state index in [0.717, 1.165) is 22.3 Å². The molecule has 0 aliphatic carbocycles. The average Bonchev–Trinajstić information content (AvgIpc) is 3.07. The molecule has 0 aromatic heterocycles. The monoisotopic (exact) mass is 583 g/mol. The molecule has 4 aromatic rings. The lowest BCUT2D eigenvalue weighted by atomic mass is 9.96. The van der Waals surface area contributed by atoms with Crippen LogP contribution in [0.5, 0.6) is 0 Å². The van der Waals surface area contributed by atoms with Crippen LogP contribution in [0.1, 0.15) is 22.3 Å². The topological polar surface area (TPSA) is 95.5 Å². The first-order valence-corrected chi connectivity index (χ1v) is 14.4. The van der Waals surface area contributed by atoms with E-state index < -0.39 is 36.7 Å². The molecule has 0 bridgehead atoms. The van der Waals surface area contributed by atoms with Gasteiger partial charge < -0.3 is 34.1 Å². The molecule has 1 amide bonds. The third-order valence-electron chi connectivity index (χ3n) is 7.15. The van der Waals surface area contributed by atoms with E-state index in [2.05, 4.69) is 5.32 Å². The van der Waals surface area contributed by atoms with Gasteiger partial charge in [0.15, 0.2) is 6.29 Å².